The van der Waals surface area contributed by atoms with Gasteiger partial charge in [0.1, 0.15) is 16.4 Å². The zero-order chi connectivity index (χ0) is 19.6. The zero-order valence-electron chi connectivity index (χ0n) is 15.7. The maximum Gasteiger partial charge on any atom is 0.355 e. The number of ether oxygens (including phenoxy) is 1. The summed E-state index contributed by atoms with van der Waals surface area (Å²) in [5.74, 6) is 0.299. The van der Waals surface area contributed by atoms with Gasteiger partial charge in [-0.2, -0.15) is 4.31 Å². The third-order valence-electron chi connectivity index (χ3n) is 4.66. The lowest BCUT2D eigenvalue weighted by atomic mass is 10.2. The number of nitrogens with one attached hydrogen (secondary N) is 1. The number of anilines is 1. The third kappa shape index (κ3) is 3.70. The molecule has 0 bridgehead atoms. The number of carbonyl (C=O) groups excluding carboxylic acids is 1. The highest BCUT2D eigenvalue weighted by molar-refractivity contribution is 7.89. The molecular weight excluding hydrogens is 368 g/mol. The van der Waals surface area contributed by atoms with Crippen LogP contribution in [0.4, 0.5) is 5.82 Å². The molecule has 2 aromatic heterocycles. The molecule has 0 radical (unpaired) electrons. The van der Waals surface area contributed by atoms with Crippen LogP contribution in [0.2, 0.25) is 0 Å². The number of pyridine rings is 1. The van der Waals surface area contributed by atoms with E-state index in [9.17, 15) is 13.2 Å². The SMILES string of the molecule is CCOC(=O)c1[nH]c(C)c(S(=O)(=O)N2CCN(c3ccccn3)CC2)c1C. The Morgan fingerprint density at radius 3 is 2.52 bits per heavy atom. The first kappa shape index (κ1) is 19.4. The Morgan fingerprint density at radius 1 is 1.22 bits per heavy atom. The molecule has 1 fully saturated rings. The predicted octanol–water partition coefficient (Wildman–Crippen LogP) is 1.71. The van der Waals surface area contributed by atoms with Crippen molar-refractivity contribution in [1.82, 2.24) is 14.3 Å². The van der Waals surface area contributed by atoms with Crippen LogP contribution in [-0.4, -0.2) is 61.4 Å². The Balaban J connectivity index is 1.81. The third-order valence-corrected chi connectivity index (χ3v) is 6.83. The lowest BCUT2D eigenvalue weighted by Gasteiger charge is -2.34. The van der Waals surface area contributed by atoms with E-state index in [0.29, 0.717) is 37.4 Å². The van der Waals surface area contributed by atoms with Crippen LogP contribution in [0.5, 0.6) is 0 Å². The van der Waals surface area contributed by atoms with Gasteiger partial charge in [0.05, 0.1) is 6.61 Å². The fraction of sp³-hybridized carbons (Fsp3) is 0.444. The van der Waals surface area contributed by atoms with Crippen molar-refractivity contribution in [3.63, 3.8) is 0 Å². The van der Waals surface area contributed by atoms with E-state index in [1.807, 2.05) is 18.2 Å². The number of carbonyl (C=O) groups is 1. The summed E-state index contributed by atoms with van der Waals surface area (Å²) in [6, 6.07) is 5.67. The molecule has 8 nitrogen and oxygen atoms in total. The van der Waals surface area contributed by atoms with Gasteiger partial charge in [-0.15, -0.1) is 0 Å². The number of hydrogen-bond donors (Lipinski definition) is 1. The van der Waals surface area contributed by atoms with Crippen molar-refractivity contribution in [3.8, 4) is 0 Å². The Bertz CT molecular complexity index is 916. The molecular formula is C18H24N4O4S. The molecule has 1 aliphatic rings. The molecule has 27 heavy (non-hydrogen) atoms. The average Bonchev–Trinajstić information content (AvgIpc) is 2.98. The van der Waals surface area contributed by atoms with Gasteiger partial charge in [-0.05, 0) is 32.9 Å². The van der Waals surface area contributed by atoms with Crippen molar-refractivity contribution in [3.05, 3.63) is 41.3 Å². The fourth-order valence-electron chi connectivity index (χ4n) is 3.35. The zero-order valence-corrected chi connectivity index (χ0v) is 16.5. The number of aryl methyl sites for hydroxylation is 1. The molecule has 1 saturated heterocycles. The van der Waals surface area contributed by atoms with Crippen LogP contribution in [0.25, 0.3) is 0 Å². The second-order valence-electron chi connectivity index (χ2n) is 6.38. The van der Waals surface area contributed by atoms with Crippen molar-refractivity contribution in [2.75, 3.05) is 37.7 Å². The van der Waals surface area contributed by atoms with E-state index in [2.05, 4.69) is 14.9 Å². The lowest BCUT2D eigenvalue weighted by molar-refractivity contribution is 0.0519. The summed E-state index contributed by atoms with van der Waals surface area (Å²) in [6.07, 6.45) is 1.72. The maximum atomic E-state index is 13.2. The van der Waals surface area contributed by atoms with Gasteiger partial charge in [-0.1, -0.05) is 6.07 Å². The first-order chi connectivity index (χ1) is 12.9. The summed E-state index contributed by atoms with van der Waals surface area (Å²) in [5, 5.41) is 0. The van der Waals surface area contributed by atoms with Crippen LogP contribution in [0.3, 0.4) is 0 Å². The van der Waals surface area contributed by atoms with Crippen LogP contribution in [0.15, 0.2) is 29.3 Å². The second-order valence-corrected chi connectivity index (χ2v) is 8.25. The molecule has 0 aromatic carbocycles. The van der Waals surface area contributed by atoms with E-state index in [1.165, 1.54) is 4.31 Å². The van der Waals surface area contributed by atoms with E-state index in [1.54, 1.807) is 27.0 Å². The monoisotopic (exact) mass is 392 g/mol. The van der Waals surface area contributed by atoms with Gasteiger partial charge in [0.2, 0.25) is 10.0 Å². The Morgan fingerprint density at radius 2 is 1.93 bits per heavy atom. The normalized spacial score (nSPS) is 15.7. The van der Waals surface area contributed by atoms with Gasteiger partial charge < -0.3 is 14.6 Å². The quantitative estimate of drug-likeness (QED) is 0.779. The minimum Gasteiger partial charge on any atom is -0.461 e. The van der Waals surface area contributed by atoms with Crippen molar-refractivity contribution in [1.29, 1.82) is 0 Å². The standard InChI is InChI=1S/C18H24N4O4S/c1-4-26-18(23)16-13(2)17(14(3)20-16)27(24,25)22-11-9-21(10-12-22)15-7-5-6-8-19-15/h5-8,20H,4,9-12H2,1-3H3. The molecule has 3 heterocycles. The minimum absolute atomic E-state index is 0.164. The molecule has 0 unspecified atom stereocenters. The Kier molecular flexibility index (Phi) is 5.52. The summed E-state index contributed by atoms with van der Waals surface area (Å²) in [5.41, 5.74) is 1.04. The number of sulfonamides is 1. The first-order valence-electron chi connectivity index (χ1n) is 8.88. The van der Waals surface area contributed by atoms with Crippen LogP contribution in [-0.2, 0) is 14.8 Å². The second kappa shape index (κ2) is 7.69. The molecule has 0 atom stereocenters. The maximum absolute atomic E-state index is 13.2. The van der Waals surface area contributed by atoms with Gasteiger partial charge in [0.25, 0.3) is 0 Å². The smallest absolute Gasteiger partial charge is 0.355 e. The molecule has 2 aromatic rings. The summed E-state index contributed by atoms with van der Waals surface area (Å²) < 4.78 is 32.8. The van der Waals surface area contributed by atoms with Crippen LogP contribution < -0.4 is 4.90 Å². The van der Waals surface area contributed by atoms with Crippen molar-refractivity contribution < 1.29 is 17.9 Å². The van der Waals surface area contributed by atoms with E-state index >= 15 is 0 Å². The van der Waals surface area contributed by atoms with Crippen molar-refractivity contribution in [2.45, 2.75) is 25.7 Å². The highest BCUT2D eigenvalue weighted by Crippen LogP contribution is 2.28. The predicted molar refractivity (Wildman–Crippen MR) is 101 cm³/mol. The van der Waals surface area contributed by atoms with Crippen LogP contribution >= 0.6 is 0 Å². The van der Waals surface area contributed by atoms with Gasteiger partial charge in [-0.3, -0.25) is 0 Å². The fourth-order valence-corrected chi connectivity index (χ4v) is 5.18. The molecule has 9 heteroatoms. The molecule has 0 saturated carbocycles. The lowest BCUT2D eigenvalue weighted by Crippen LogP contribution is -2.49. The molecule has 1 N–H and O–H groups in total. The van der Waals surface area contributed by atoms with Gasteiger partial charge in [0, 0.05) is 43.6 Å². The highest BCUT2D eigenvalue weighted by atomic mass is 32.2. The highest BCUT2D eigenvalue weighted by Gasteiger charge is 2.34. The average molecular weight is 392 g/mol. The Labute approximate surface area is 159 Å². The van der Waals surface area contributed by atoms with E-state index < -0.39 is 16.0 Å². The summed E-state index contributed by atoms with van der Waals surface area (Å²) in [7, 11) is -3.71. The number of H-pyrrole nitrogens is 1. The van der Waals surface area contributed by atoms with E-state index in [4.69, 9.17) is 4.74 Å². The molecule has 0 spiro atoms. The number of nitrogens with zero attached hydrogens (tertiary/aromatic N) is 3. The topological polar surface area (TPSA) is 95.6 Å². The number of rotatable bonds is 5. The van der Waals surface area contributed by atoms with Gasteiger partial charge in [0.15, 0.2) is 0 Å². The van der Waals surface area contributed by atoms with Crippen molar-refractivity contribution in [2.24, 2.45) is 0 Å². The van der Waals surface area contributed by atoms with Crippen LogP contribution in [0, 0.1) is 13.8 Å². The molecule has 0 aliphatic carbocycles. The summed E-state index contributed by atoms with van der Waals surface area (Å²) in [6.45, 7) is 7.07. The Hall–Kier alpha value is -2.39. The van der Waals surface area contributed by atoms with Crippen molar-refractivity contribution >= 4 is 21.8 Å². The van der Waals surface area contributed by atoms with E-state index in [0.717, 1.165) is 5.82 Å². The number of esters is 1. The minimum atomic E-state index is -3.71. The number of hydrogen-bond acceptors (Lipinski definition) is 6. The molecule has 3 rings (SSSR count). The number of aromatic nitrogens is 2. The first-order valence-corrected chi connectivity index (χ1v) is 10.3. The number of piperazine rings is 1. The summed E-state index contributed by atoms with van der Waals surface area (Å²) in [4.78, 5) is 21.5. The van der Waals surface area contributed by atoms with Gasteiger partial charge in [-0.25, -0.2) is 18.2 Å². The molecule has 0 amide bonds. The van der Waals surface area contributed by atoms with Gasteiger partial charge >= 0.3 is 5.97 Å². The summed E-state index contributed by atoms with van der Waals surface area (Å²) >= 11 is 0. The molecule has 146 valence electrons. The number of aromatic amines is 1. The largest absolute Gasteiger partial charge is 0.461 e. The van der Waals surface area contributed by atoms with E-state index in [-0.39, 0.29) is 17.2 Å². The van der Waals surface area contributed by atoms with Crippen LogP contribution in [0.1, 0.15) is 28.7 Å². The molecule has 1 aliphatic heterocycles.